The van der Waals surface area contributed by atoms with E-state index in [1.807, 2.05) is 30.3 Å². The predicted molar refractivity (Wildman–Crippen MR) is 86.8 cm³/mol. The molecule has 5 nitrogen and oxygen atoms in total. The molecule has 0 unspecified atom stereocenters. The number of esters is 1. The highest BCUT2D eigenvalue weighted by Gasteiger charge is 2.18. The lowest BCUT2D eigenvalue weighted by atomic mass is 10.2. The summed E-state index contributed by atoms with van der Waals surface area (Å²) in [7, 11) is 0. The van der Waals surface area contributed by atoms with E-state index in [1.165, 1.54) is 11.8 Å². The first kappa shape index (κ1) is 15.2. The van der Waals surface area contributed by atoms with Gasteiger partial charge in [-0.2, -0.15) is 11.8 Å². The third-order valence-corrected chi connectivity index (χ3v) is 4.95. The molecular weight excluding hydrogens is 320 g/mol. The van der Waals surface area contributed by atoms with Gasteiger partial charge in [-0.25, -0.2) is 4.98 Å². The Kier molecular flexibility index (Phi) is 4.84. The maximum Gasteiger partial charge on any atom is 0.316 e. The normalized spacial score (nSPS) is 12.9. The molecule has 2 aromatic rings. The highest BCUT2D eigenvalue weighted by molar-refractivity contribution is 7.99. The van der Waals surface area contributed by atoms with Crippen LogP contribution in [0.15, 0.2) is 40.3 Å². The summed E-state index contributed by atoms with van der Waals surface area (Å²) < 4.78 is 5.19. The summed E-state index contributed by atoms with van der Waals surface area (Å²) in [6.07, 6.45) is 0. The number of fused-ring (bicyclic) bond motifs is 1. The molecule has 3 rings (SSSR count). The van der Waals surface area contributed by atoms with Gasteiger partial charge in [-0.15, -0.1) is 0 Å². The molecule has 1 aliphatic rings. The van der Waals surface area contributed by atoms with Gasteiger partial charge >= 0.3 is 5.97 Å². The van der Waals surface area contributed by atoms with Gasteiger partial charge in [0.1, 0.15) is 6.61 Å². The van der Waals surface area contributed by atoms with Crippen LogP contribution in [0.5, 0.6) is 0 Å². The fraction of sp³-hybridized carbons (Fsp3) is 0.267. The fourth-order valence-electron chi connectivity index (χ4n) is 2.02. The molecule has 0 atom stereocenters. The molecule has 0 saturated carbocycles. The number of ether oxygens (including phenoxy) is 1. The molecule has 0 radical (unpaired) electrons. The Hall–Kier alpha value is -1.73. The number of thioether (sulfide) groups is 2. The molecule has 0 aliphatic carbocycles. The average Bonchev–Trinajstić information content (AvgIpc) is 3.01. The fourth-order valence-corrected chi connectivity index (χ4v) is 3.73. The molecular formula is C15H14N2O3S2. The molecule has 0 spiro atoms. The quantitative estimate of drug-likeness (QED) is 0.514. The van der Waals surface area contributed by atoms with Crippen molar-refractivity contribution in [1.82, 2.24) is 9.97 Å². The van der Waals surface area contributed by atoms with E-state index in [0.29, 0.717) is 10.9 Å². The van der Waals surface area contributed by atoms with Crippen LogP contribution in [-0.4, -0.2) is 21.7 Å². The van der Waals surface area contributed by atoms with E-state index < -0.39 is 0 Å². The number of H-pyrrole nitrogens is 1. The number of hydrogen-bond acceptors (Lipinski definition) is 6. The second-order valence-corrected chi connectivity index (χ2v) is 6.67. The second-order valence-electron chi connectivity index (χ2n) is 4.72. The van der Waals surface area contributed by atoms with Crippen LogP contribution >= 0.6 is 23.5 Å². The van der Waals surface area contributed by atoms with Crippen LogP contribution in [0.2, 0.25) is 0 Å². The smallest absolute Gasteiger partial charge is 0.316 e. The zero-order chi connectivity index (χ0) is 15.4. The number of hydrogen-bond donors (Lipinski definition) is 1. The molecule has 7 heteroatoms. The van der Waals surface area contributed by atoms with Crippen molar-refractivity contribution in [2.24, 2.45) is 0 Å². The molecule has 0 fully saturated rings. The third-order valence-electron chi connectivity index (χ3n) is 3.13. The summed E-state index contributed by atoms with van der Waals surface area (Å²) in [5.41, 5.74) is 2.42. The molecule has 1 aliphatic heterocycles. The number of carbonyl (C=O) groups is 1. The van der Waals surface area contributed by atoms with Crippen LogP contribution in [-0.2, 0) is 27.6 Å². The molecule has 22 heavy (non-hydrogen) atoms. The zero-order valence-corrected chi connectivity index (χ0v) is 13.3. The van der Waals surface area contributed by atoms with Gasteiger partial charge in [0.15, 0.2) is 5.16 Å². The number of benzene rings is 1. The molecule has 1 aromatic heterocycles. The first-order chi connectivity index (χ1) is 10.7. The number of aromatic amines is 1. The zero-order valence-electron chi connectivity index (χ0n) is 11.7. The number of rotatable bonds is 5. The van der Waals surface area contributed by atoms with Crippen molar-refractivity contribution in [3.8, 4) is 0 Å². The Morgan fingerprint density at radius 2 is 2.14 bits per heavy atom. The minimum atomic E-state index is -0.327. The van der Waals surface area contributed by atoms with E-state index in [0.717, 1.165) is 22.6 Å². The van der Waals surface area contributed by atoms with Crippen LogP contribution in [0, 0.1) is 0 Å². The number of nitrogens with zero attached hydrogens (tertiary/aromatic N) is 1. The van der Waals surface area contributed by atoms with Crippen molar-refractivity contribution >= 4 is 29.5 Å². The molecule has 0 bridgehead atoms. The maximum absolute atomic E-state index is 11.8. The predicted octanol–water partition coefficient (Wildman–Crippen LogP) is 2.35. The SMILES string of the molecule is O=C(CSc1nc2c(c(=O)[nH]1)CSC2)OCc1ccccc1. The highest BCUT2D eigenvalue weighted by Crippen LogP contribution is 2.26. The summed E-state index contributed by atoms with van der Waals surface area (Å²) in [5.74, 6) is 1.26. The maximum atomic E-state index is 11.8. The van der Waals surface area contributed by atoms with E-state index in [-0.39, 0.29) is 23.9 Å². The summed E-state index contributed by atoms with van der Waals surface area (Å²) in [6.45, 7) is 0.255. The van der Waals surface area contributed by atoms with E-state index in [4.69, 9.17) is 4.74 Å². The molecule has 114 valence electrons. The van der Waals surface area contributed by atoms with Crippen molar-refractivity contribution in [3.05, 3.63) is 57.5 Å². The van der Waals surface area contributed by atoms with E-state index in [9.17, 15) is 9.59 Å². The Labute approximate surface area is 135 Å². The van der Waals surface area contributed by atoms with Gasteiger partial charge in [0.25, 0.3) is 5.56 Å². The molecule has 0 saturated heterocycles. The van der Waals surface area contributed by atoms with Gasteiger partial charge in [-0.05, 0) is 5.56 Å². The number of aromatic nitrogens is 2. The van der Waals surface area contributed by atoms with Crippen LogP contribution in [0.1, 0.15) is 16.8 Å². The van der Waals surface area contributed by atoms with Gasteiger partial charge in [0.05, 0.1) is 11.4 Å². The molecule has 2 heterocycles. The first-order valence-corrected chi connectivity index (χ1v) is 8.88. The summed E-state index contributed by atoms with van der Waals surface area (Å²) in [5, 5.41) is 0.475. The van der Waals surface area contributed by atoms with Crippen LogP contribution in [0.3, 0.4) is 0 Å². The van der Waals surface area contributed by atoms with Crippen LogP contribution in [0.25, 0.3) is 0 Å². The van der Waals surface area contributed by atoms with Crippen molar-refractivity contribution in [2.45, 2.75) is 23.3 Å². The molecule has 1 N–H and O–H groups in total. The van der Waals surface area contributed by atoms with Crippen molar-refractivity contribution in [2.75, 3.05) is 5.75 Å². The van der Waals surface area contributed by atoms with Crippen molar-refractivity contribution in [3.63, 3.8) is 0 Å². The van der Waals surface area contributed by atoms with Gasteiger partial charge in [0, 0.05) is 17.1 Å². The summed E-state index contributed by atoms with van der Waals surface area (Å²) >= 11 is 2.87. The molecule has 0 amide bonds. The number of nitrogens with one attached hydrogen (secondary N) is 1. The topological polar surface area (TPSA) is 72.0 Å². The Morgan fingerprint density at radius 3 is 2.95 bits per heavy atom. The Balaban J connectivity index is 1.53. The first-order valence-electron chi connectivity index (χ1n) is 6.74. The number of carbonyl (C=O) groups excluding carboxylic acids is 1. The minimum absolute atomic E-state index is 0.102. The van der Waals surface area contributed by atoms with E-state index in [2.05, 4.69) is 9.97 Å². The van der Waals surface area contributed by atoms with E-state index >= 15 is 0 Å². The summed E-state index contributed by atoms with van der Waals surface area (Å²) in [4.78, 5) is 30.7. The van der Waals surface area contributed by atoms with Crippen molar-refractivity contribution in [1.29, 1.82) is 0 Å². The lowest BCUT2D eigenvalue weighted by Gasteiger charge is -2.05. The minimum Gasteiger partial charge on any atom is -0.460 e. The second kappa shape index (κ2) is 7.02. The van der Waals surface area contributed by atoms with Crippen molar-refractivity contribution < 1.29 is 9.53 Å². The average molecular weight is 334 g/mol. The Morgan fingerprint density at radius 1 is 1.32 bits per heavy atom. The Bertz CT molecular complexity index is 731. The monoisotopic (exact) mass is 334 g/mol. The molecule has 1 aromatic carbocycles. The van der Waals surface area contributed by atoms with Crippen LogP contribution < -0.4 is 5.56 Å². The highest BCUT2D eigenvalue weighted by atomic mass is 32.2. The lowest BCUT2D eigenvalue weighted by molar-refractivity contribution is -0.141. The van der Waals surface area contributed by atoms with Crippen LogP contribution in [0.4, 0.5) is 0 Å². The summed E-state index contributed by atoms with van der Waals surface area (Å²) in [6, 6.07) is 9.51. The van der Waals surface area contributed by atoms with E-state index in [1.54, 1.807) is 11.8 Å². The standard InChI is InChI=1S/C15H14N2O3S2/c18-13(20-6-10-4-2-1-3-5-10)9-22-15-16-12-8-21-7-11(12)14(19)17-15/h1-5H,6-9H2,(H,16,17,19). The largest absolute Gasteiger partial charge is 0.460 e. The third kappa shape index (κ3) is 3.72. The van der Waals surface area contributed by atoms with Gasteiger partial charge in [-0.3, -0.25) is 9.59 Å². The van der Waals surface area contributed by atoms with Gasteiger partial charge in [0.2, 0.25) is 0 Å². The van der Waals surface area contributed by atoms with Gasteiger partial charge in [-0.1, -0.05) is 42.1 Å². The van der Waals surface area contributed by atoms with Gasteiger partial charge < -0.3 is 9.72 Å². The lowest BCUT2D eigenvalue weighted by Crippen LogP contribution is -2.16.